The summed E-state index contributed by atoms with van der Waals surface area (Å²) in [6.45, 7) is 2.00. The first-order chi connectivity index (χ1) is 14.0. The van der Waals surface area contributed by atoms with Crippen molar-refractivity contribution < 1.29 is 14.3 Å². The SMILES string of the molecule is CCc1ccccc1NC(=O)CN(C)C(=O)Nc1ccc(OC2CCCC2)cc1. The van der Waals surface area contributed by atoms with E-state index in [0.29, 0.717) is 11.8 Å². The Hall–Kier alpha value is -3.02. The summed E-state index contributed by atoms with van der Waals surface area (Å²) in [5.74, 6) is 0.584. The third kappa shape index (κ3) is 5.98. The topological polar surface area (TPSA) is 70.7 Å². The highest BCUT2D eigenvalue weighted by atomic mass is 16.5. The van der Waals surface area contributed by atoms with Crippen molar-refractivity contribution in [3.63, 3.8) is 0 Å². The first-order valence-electron chi connectivity index (χ1n) is 10.2. The van der Waals surface area contributed by atoms with Crippen molar-refractivity contribution in [1.29, 1.82) is 0 Å². The number of rotatable bonds is 7. The van der Waals surface area contributed by atoms with Gasteiger partial charge in [0, 0.05) is 18.4 Å². The Bertz CT molecular complexity index is 830. The number of aryl methyl sites for hydroxylation is 1. The lowest BCUT2D eigenvalue weighted by atomic mass is 10.1. The van der Waals surface area contributed by atoms with Gasteiger partial charge in [0.2, 0.25) is 5.91 Å². The molecule has 154 valence electrons. The van der Waals surface area contributed by atoms with Gasteiger partial charge in [0.25, 0.3) is 0 Å². The quantitative estimate of drug-likeness (QED) is 0.715. The van der Waals surface area contributed by atoms with Gasteiger partial charge >= 0.3 is 6.03 Å². The molecule has 2 N–H and O–H groups in total. The van der Waals surface area contributed by atoms with Crippen molar-refractivity contribution >= 4 is 23.3 Å². The molecule has 0 heterocycles. The number of urea groups is 1. The largest absolute Gasteiger partial charge is 0.490 e. The zero-order chi connectivity index (χ0) is 20.6. The maximum absolute atomic E-state index is 12.4. The fourth-order valence-electron chi connectivity index (χ4n) is 3.46. The molecule has 1 aliphatic rings. The maximum atomic E-state index is 12.4. The number of para-hydroxylation sites is 1. The number of anilines is 2. The van der Waals surface area contributed by atoms with Crippen molar-refractivity contribution in [1.82, 2.24) is 4.90 Å². The molecule has 3 amide bonds. The molecule has 1 saturated carbocycles. The van der Waals surface area contributed by atoms with Crippen molar-refractivity contribution in [2.24, 2.45) is 0 Å². The number of amides is 3. The minimum atomic E-state index is -0.339. The van der Waals surface area contributed by atoms with Crippen LogP contribution < -0.4 is 15.4 Å². The average Bonchev–Trinajstić information content (AvgIpc) is 3.22. The van der Waals surface area contributed by atoms with Crippen LogP contribution in [0, 0.1) is 0 Å². The smallest absolute Gasteiger partial charge is 0.322 e. The Balaban J connectivity index is 1.48. The third-order valence-corrected chi connectivity index (χ3v) is 5.11. The highest BCUT2D eigenvalue weighted by Crippen LogP contribution is 2.25. The summed E-state index contributed by atoms with van der Waals surface area (Å²) in [6, 6.07) is 14.7. The molecule has 2 aromatic carbocycles. The van der Waals surface area contributed by atoms with E-state index in [0.717, 1.165) is 36.3 Å². The molecule has 3 rings (SSSR count). The number of nitrogens with zero attached hydrogens (tertiary/aromatic N) is 1. The maximum Gasteiger partial charge on any atom is 0.322 e. The molecular formula is C23H29N3O3. The van der Waals surface area contributed by atoms with Crippen LogP contribution in [0.4, 0.5) is 16.2 Å². The van der Waals surface area contributed by atoms with E-state index in [2.05, 4.69) is 10.6 Å². The first kappa shape index (κ1) is 20.7. The Kier molecular flexibility index (Phi) is 7.11. The van der Waals surface area contributed by atoms with Crippen LogP contribution in [0.2, 0.25) is 0 Å². The van der Waals surface area contributed by atoms with E-state index in [-0.39, 0.29) is 18.5 Å². The van der Waals surface area contributed by atoms with E-state index in [1.54, 1.807) is 7.05 Å². The zero-order valence-electron chi connectivity index (χ0n) is 17.1. The molecule has 0 aromatic heterocycles. The van der Waals surface area contributed by atoms with Gasteiger partial charge in [0.1, 0.15) is 12.3 Å². The van der Waals surface area contributed by atoms with Gasteiger partial charge in [0.05, 0.1) is 6.10 Å². The number of likely N-dealkylation sites (N-methyl/N-ethyl adjacent to an activating group) is 1. The molecule has 1 aliphatic carbocycles. The highest BCUT2D eigenvalue weighted by Gasteiger charge is 2.17. The highest BCUT2D eigenvalue weighted by molar-refractivity contribution is 5.97. The van der Waals surface area contributed by atoms with Gasteiger partial charge in [-0.3, -0.25) is 4.79 Å². The van der Waals surface area contributed by atoms with E-state index in [4.69, 9.17) is 4.74 Å². The van der Waals surface area contributed by atoms with E-state index in [9.17, 15) is 9.59 Å². The molecule has 6 heteroatoms. The molecule has 0 bridgehead atoms. The van der Waals surface area contributed by atoms with Gasteiger partial charge < -0.3 is 20.3 Å². The fourth-order valence-corrected chi connectivity index (χ4v) is 3.46. The van der Waals surface area contributed by atoms with Crippen LogP contribution in [0.15, 0.2) is 48.5 Å². The summed E-state index contributed by atoms with van der Waals surface area (Å²) >= 11 is 0. The molecule has 0 aliphatic heterocycles. The van der Waals surface area contributed by atoms with E-state index in [1.807, 2.05) is 55.5 Å². The second-order valence-electron chi connectivity index (χ2n) is 7.39. The molecule has 1 fully saturated rings. The number of hydrogen-bond donors (Lipinski definition) is 2. The predicted molar refractivity (Wildman–Crippen MR) is 115 cm³/mol. The van der Waals surface area contributed by atoms with Gasteiger partial charge in [-0.1, -0.05) is 25.1 Å². The Morgan fingerprint density at radius 3 is 2.41 bits per heavy atom. The van der Waals surface area contributed by atoms with Crippen LogP contribution in [0.3, 0.4) is 0 Å². The van der Waals surface area contributed by atoms with E-state index in [1.165, 1.54) is 17.7 Å². The van der Waals surface area contributed by atoms with Crippen molar-refractivity contribution in [3.05, 3.63) is 54.1 Å². The van der Waals surface area contributed by atoms with Crippen molar-refractivity contribution in [2.45, 2.75) is 45.1 Å². The van der Waals surface area contributed by atoms with Crippen LogP contribution in [0.5, 0.6) is 5.75 Å². The molecule has 0 radical (unpaired) electrons. The van der Waals surface area contributed by atoms with E-state index >= 15 is 0 Å². The monoisotopic (exact) mass is 395 g/mol. The zero-order valence-corrected chi connectivity index (χ0v) is 17.1. The predicted octanol–water partition coefficient (Wildman–Crippen LogP) is 4.67. The van der Waals surface area contributed by atoms with Gasteiger partial charge in [-0.25, -0.2) is 4.79 Å². The summed E-state index contributed by atoms with van der Waals surface area (Å²) < 4.78 is 5.93. The minimum absolute atomic E-state index is 0.0350. The second-order valence-corrected chi connectivity index (χ2v) is 7.39. The third-order valence-electron chi connectivity index (χ3n) is 5.11. The number of carbonyl (C=O) groups is 2. The normalized spacial score (nSPS) is 13.7. The Morgan fingerprint density at radius 1 is 1.03 bits per heavy atom. The minimum Gasteiger partial charge on any atom is -0.490 e. The molecule has 0 unspecified atom stereocenters. The summed E-state index contributed by atoms with van der Waals surface area (Å²) in [6.07, 6.45) is 5.79. The van der Waals surface area contributed by atoms with Gasteiger partial charge in [-0.15, -0.1) is 0 Å². The standard InChI is InChI=1S/C23H29N3O3/c1-3-17-8-4-7-11-21(17)25-22(27)16-26(2)23(28)24-18-12-14-20(15-13-18)29-19-9-5-6-10-19/h4,7-8,11-15,19H,3,5-6,9-10,16H2,1-2H3,(H,24,28)(H,25,27). The van der Waals surface area contributed by atoms with Crippen LogP contribution in [0.1, 0.15) is 38.2 Å². The second kappa shape index (κ2) is 9.96. The number of ether oxygens (including phenoxy) is 1. The lowest BCUT2D eigenvalue weighted by molar-refractivity contribution is -0.116. The van der Waals surface area contributed by atoms with Gasteiger partial charge in [-0.05, 0) is 68.0 Å². The Labute approximate surface area is 172 Å². The van der Waals surface area contributed by atoms with Crippen LogP contribution in [0.25, 0.3) is 0 Å². The van der Waals surface area contributed by atoms with Crippen molar-refractivity contribution in [2.75, 3.05) is 24.2 Å². The van der Waals surface area contributed by atoms with Gasteiger partial charge in [0.15, 0.2) is 0 Å². The summed E-state index contributed by atoms with van der Waals surface area (Å²) in [7, 11) is 1.60. The average molecular weight is 396 g/mol. The fraction of sp³-hybridized carbons (Fsp3) is 0.391. The summed E-state index contributed by atoms with van der Waals surface area (Å²) in [5.41, 5.74) is 2.51. The number of nitrogens with one attached hydrogen (secondary N) is 2. The molecule has 2 aromatic rings. The number of hydrogen-bond acceptors (Lipinski definition) is 3. The Morgan fingerprint density at radius 2 is 1.72 bits per heavy atom. The lowest BCUT2D eigenvalue weighted by Crippen LogP contribution is -2.37. The first-order valence-corrected chi connectivity index (χ1v) is 10.2. The van der Waals surface area contributed by atoms with Crippen LogP contribution >= 0.6 is 0 Å². The van der Waals surface area contributed by atoms with Crippen LogP contribution in [-0.2, 0) is 11.2 Å². The molecular weight excluding hydrogens is 366 g/mol. The van der Waals surface area contributed by atoms with Gasteiger partial charge in [-0.2, -0.15) is 0 Å². The molecule has 0 saturated heterocycles. The number of benzene rings is 2. The molecule has 0 atom stereocenters. The number of carbonyl (C=O) groups excluding carboxylic acids is 2. The summed E-state index contributed by atoms with van der Waals surface area (Å²) in [4.78, 5) is 26.1. The molecule has 6 nitrogen and oxygen atoms in total. The van der Waals surface area contributed by atoms with Crippen molar-refractivity contribution in [3.8, 4) is 5.75 Å². The van der Waals surface area contributed by atoms with Crippen LogP contribution in [-0.4, -0.2) is 36.5 Å². The molecule has 29 heavy (non-hydrogen) atoms. The summed E-state index contributed by atoms with van der Waals surface area (Å²) in [5, 5.41) is 5.68. The van der Waals surface area contributed by atoms with E-state index < -0.39 is 0 Å². The lowest BCUT2D eigenvalue weighted by Gasteiger charge is -2.18. The molecule has 0 spiro atoms.